The van der Waals surface area contributed by atoms with Gasteiger partial charge >= 0.3 is 5.97 Å². The normalized spacial score (nSPS) is 10.0. The predicted octanol–water partition coefficient (Wildman–Crippen LogP) is 0.398. The molecule has 1 aromatic rings. The second-order valence-electron chi connectivity index (χ2n) is 3.62. The van der Waals surface area contributed by atoms with E-state index >= 15 is 0 Å². The zero-order valence-corrected chi connectivity index (χ0v) is 9.38. The van der Waals surface area contributed by atoms with Crippen molar-refractivity contribution in [2.24, 2.45) is 0 Å². The van der Waals surface area contributed by atoms with E-state index < -0.39 is 29.1 Å². The molecule has 0 heterocycles. The Hall–Kier alpha value is -2.44. The molecule has 0 bridgehead atoms. The third-order valence-corrected chi connectivity index (χ3v) is 2.18. The summed E-state index contributed by atoms with van der Waals surface area (Å²) >= 11 is 0. The SMILES string of the molecule is O=C(O)CCCNC(=O)c1cc(O)c(O)c(O)c1. The molecule has 7 heteroatoms. The molecule has 0 spiro atoms. The summed E-state index contributed by atoms with van der Waals surface area (Å²) in [5.74, 6) is -3.44. The number of phenolic OH excluding ortho intramolecular Hbond substituents is 3. The van der Waals surface area contributed by atoms with Crippen LogP contribution in [0.5, 0.6) is 17.2 Å². The number of carboxylic acids is 1. The zero-order chi connectivity index (χ0) is 13.7. The van der Waals surface area contributed by atoms with E-state index in [0.29, 0.717) is 0 Å². The predicted molar refractivity (Wildman–Crippen MR) is 60.6 cm³/mol. The molecule has 0 aromatic heterocycles. The van der Waals surface area contributed by atoms with Crippen LogP contribution in [0.15, 0.2) is 12.1 Å². The molecule has 0 saturated carbocycles. The number of benzene rings is 1. The average molecular weight is 255 g/mol. The van der Waals surface area contributed by atoms with Crippen LogP contribution in [-0.4, -0.2) is 38.8 Å². The molecule has 18 heavy (non-hydrogen) atoms. The summed E-state index contributed by atoms with van der Waals surface area (Å²) in [4.78, 5) is 21.8. The molecular weight excluding hydrogens is 242 g/mol. The fraction of sp³-hybridized carbons (Fsp3) is 0.273. The number of carboxylic acid groups (broad SMARTS) is 1. The first-order valence-electron chi connectivity index (χ1n) is 5.16. The van der Waals surface area contributed by atoms with E-state index in [1.807, 2.05) is 0 Å². The minimum Gasteiger partial charge on any atom is -0.504 e. The lowest BCUT2D eigenvalue weighted by Crippen LogP contribution is -2.24. The Morgan fingerprint density at radius 1 is 1.11 bits per heavy atom. The van der Waals surface area contributed by atoms with E-state index in [1.165, 1.54) is 0 Å². The highest BCUT2D eigenvalue weighted by molar-refractivity contribution is 5.95. The summed E-state index contributed by atoms with van der Waals surface area (Å²) in [6, 6.07) is 2.00. The molecule has 0 aliphatic rings. The van der Waals surface area contributed by atoms with Gasteiger partial charge in [-0.05, 0) is 18.6 Å². The van der Waals surface area contributed by atoms with E-state index in [1.54, 1.807) is 0 Å². The van der Waals surface area contributed by atoms with Gasteiger partial charge in [0.1, 0.15) is 0 Å². The number of phenols is 3. The number of hydrogen-bond acceptors (Lipinski definition) is 5. The summed E-state index contributed by atoms with van der Waals surface area (Å²) in [5, 5.41) is 38.3. The Morgan fingerprint density at radius 3 is 2.17 bits per heavy atom. The van der Waals surface area contributed by atoms with E-state index in [0.717, 1.165) is 12.1 Å². The molecule has 0 unspecified atom stereocenters. The van der Waals surface area contributed by atoms with Gasteiger partial charge in [-0.3, -0.25) is 9.59 Å². The molecule has 7 nitrogen and oxygen atoms in total. The van der Waals surface area contributed by atoms with Gasteiger partial charge in [0.05, 0.1) is 0 Å². The van der Waals surface area contributed by atoms with Gasteiger partial charge in [0.25, 0.3) is 5.91 Å². The molecule has 0 fully saturated rings. The molecule has 1 rings (SSSR count). The lowest BCUT2D eigenvalue weighted by molar-refractivity contribution is -0.137. The van der Waals surface area contributed by atoms with Gasteiger partial charge in [-0.1, -0.05) is 0 Å². The largest absolute Gasteiger partial charge is 0.504 e. The van der Waals surface area contributed by atoms with Crippen molar-refractivity contribution in [3.63, 3.8) is 0 Å². The van der Waals surface area contributed by atoms with Gasteiger partial charge in [-0.2, -0.15) is 0 Å². The van der Waals surface area contributed by atoms with Gasteiger partial charge in [0.15, 0.2) is 17.2 Å². The van der Waals surface area contributed by atoms with Crippen molar-refractivity contribution in [3.05, 3.63) is 17.7 Å². The zero-order valence-electron chi connectivity index (χ0n) is 9.38. The second kappa shape index (κ2) is 5.76. The van der Waals surface area contributed by atoms with Crippen molar-refractivity contribution in [2.45, 2.75) is 12.8 Å². The number of nitrogens with one attached hydrogen (secondary N) is 1. The first-order valence-corrected chi connectivity index (χ1v) is 5.16. The number of aliphatic carboxylic acids is 1. The van der Waals surface area contributed by atoms with Crippen LogP contribution in [0, 0.1) is 0 Å². The molecule has 0 radical (unpaired) electrons. The molecule has 1 aromatic carbocycles. The second-order valence-corrected chi connectivity index (χ2v) is 3.62. The summed E-state index contributed by atoms with van der Waals surface area (Å²) in [7, 11) is 0. The van der Waals surface area contributed by atoms with Crippen LogP contribution in [0.1, 0.15) is 23.2 Å². The van der Waals surface area contributed by atoms with Gasteiger partial charge in [-0.25, -0.2) is 0 Å². The highest BCUT2D eigenvalue weighted by Crippen LogP contribution is 2.35. The van der Waals surface area contributed by atoms with E-state index in [9.17, 15) is 19.8 Å². The maximum atomic E-state index is 11.5. The number of aromatic hydroxyl groups is 3. The van der Waals surface area contributed by atoms with Crippen LogP contribution in [0.2, 0.25) is 0 Å². The maximum absolute atomic E-state index is 11.5. The molecule has 0 atom stereocenters. The first-order chi connectivity index (χ1) is 8.41. The molecule has 0 aliphatic carbocycles. The Balaban J connectivity index is 2.59. The molecular formula is C11H13NO6. The van der Waals surface area contributed by atoms with Gasteiger partial charge in [-0.15, -0.1) is 0 Å². The summed E-state index contributed by atoms with van der Waals surface area (Å²) < 4.78 is 0. The van der Waals surface area contributed by atoms with E-state index in [-0.39, 0.29) is 24.9 Å². The lowest BCUT2D eigenvalue weighted by atomic mass is 10.1. The lowest BCUT2D eigenvalue weighted by Gasteiger charge is -2.06. The molecule has 0 saturated heterocycles. The Kier molecular flexibility index (Phi) is 4.36. The Morgan fingerprint density at radius 2 is 1.67 bits per heavy atom. The number of carbonyl (C=O) groups excluding carboxylic acids is 1. The van der Waals surface area contributed by atoms with Crippen molar-refractivity contribution in [1.29, 1.82) is 0 Å². The van der Waals surface area contributed by atoms with Crippen molar-refractivity contribution >= 4 is 11.9 Å². The van der Waals surface area contributed by atoms with Crippen molar-refractivity contribution in [3.8, 4) is 17.2 Å². The summed E-state index contributed by atoms with van der Waals surface area (Å²) in [6.07, 6.45) is 0.212. The molecule has 1 amide bonds. The third-order valence-electron chi connectivity index (χ3n) is 2.18. The fourth-order valence-corrected chi connectivity index (χ4v) is 1.28. The quantitative estimate of drug-likeness (QED) is 0.383. The molecule has 5 N–H and O–H groups in total. The van der Waals surface area contributed by atoms with Crippen LogP contribution in [0.4, 0.5) is 0 Å². The van der Waals surface area contributed by atoms with Gasteiger partial charge in [0, 0.05) is 18.5 Å². The number of carbonyl (C=O) groups is 2. The Bertz CT molecular complexity index is 448. The standard InChI is InChI=1S/C11H13NO6/c13-7-4-6(5-8(14)10(7)17)11(18)12-3-1-2-9(15)16/h4-5,13-14,17H,1-3H2,(H,12,18)(H,15,16). The highest BCUT2D eigenvalue weighted by atomic mass is 16.4. The average Bonchev–Trinajstić information content (AvgIpc) is 2.30. The van der Waals surface area contributed by atoms with Crippen LogP contribution in [0.3, 0.4) is 0 Å². The van der Waals surface area contributed by atoms with Crippen LogP contribution >= 0.6 is 0 Å². The molecule has 0 aliphatic heterocycles. The van der Waals surface area contributed by atoms with Gasteiger partial charge < -0.3 is 25.7 Å². The minimum absolute atomic E-state index is 0.0295. The maximum Gasteiger partial charge on any atom is 0.303 e. The van der Waals surface area contributed by atoms with Crippen LogP contribution in [-0.2, 0) is 4.79 Å². The van der Waals surface area contributed by atoms with Gasteiger partial charge in [0.2, 0.25) is 0 Å². The first kappa shape index (κ1) is 13.6. The number of amides is 1. The summed E-state index contributed by atoms with van der Waals surface area (Å²) in [6.45, 7) is 0.160. The van der Waals surface area contributed by atoms with Crippen molar-refractivity contribution < 1.29 is 30.0 Å². The topological polar surface area (TPSA) is 127 Å². The van der Waals surface area contributed by atoms with Crippen molar-refractivity contribution in [2.75, 3.05) is 6.54 Å². The highest BCUT2D eigenvalue weighted by Gasteiger charge is 2.13. The number of rotatable bonds is 5. The number of hydrogen-bond donors (Lipinski definition) is 5. The van der Waals surface area contributed by atoms with E-state index in [2.05, 4.69) is 5.32 Å². The third kappa shape index (κ3) is 3.55. The van der Waals surface area contributed by atoms with Crippen molar-refractivity contribution in [1.82, 2.24) is 5.32 Å². The monoisotopic (exact) mass is 255 g/mol. The van der Waals surface area contributed by atoms with Crippen LogP contribution in [0.25, 0.3) is 0 Å². The fourth-order valence-electron chi connectivity index (χ4n) is 1.28. The Labute approximate surface area is 102 Å². The van der Waals surface area contributed by atoms with Crippen LogP contribution < -0.4 is 5.32 Å². The van der Waals surface area contributed by atoms with E-state index in [4.69, 9.17) is 10.2 Å². The molecule has 98 valence electrons. The summed E-state index contributed by atoms with van der Waals surface area (Å²) in [5.41, 5.74) is -0.0295. The minimum atomic E-state index is -0.954. The smallest absolute Gasteiger partial charge is 0.303 e.